The summed E-state index contributed by atoms with van der Waals surface area (Å²) in [6.45, 7) is 2.49. The fourth-order valence-electron chi connectivity index (χ4n) is 1.44. The molecular formula is C11H19NOS. The van der Waals surface area contributed by atoms with Gasteiger partial charge in [-0.25, -0.2) is 0 Å². The van der Waals surface area contributed by atoms with Gasteiger partial charge in [-0.3, -0.25) is 0 Å². The molecule has 80 valence electrons. The van der Waals surface area contributed by atoms with Crippen LogP contribution >= 0.6 is 11.3 Å². The number of aliphatic hydroxyl groups excluding tert-OH is 1. The van der Waals surface area contributed by atoms with Gasteiger partial charge in [0.05, 0.1) is 0 Å². The SMILES string of the molecule is CN(CCCCCO)Cc1ccsc1. The van der Waals surface area contributed by atoms with E-state index in [4.69, 9.17) is 5.11 Å². The van der Waals surface area contributed by atoms with Crippen molar-refractivity contribution < 1.29 is 5.11 Å². The van der Waals surface area contributed by atoms with Crippen LogP contribution in [0.25, 0.3) is 0 Å². The molecule has 0 saturated carbocycles. The molecule has 0 saturated heterocycles. The van der Waals surface area contributed by atoms with E-state index < -0.39 is 0 Å². The summed E-state index contributed by atoms with van der Waals surface area (Å²) in [5.41, 5.74) is 1.40. The van der Waals surface area contributed by atoms with Crippen molar-refractivity contribution in [3.8, 4) is 0 Å². The average molecular weight is 213 g/mol. The standard InChI is InChI=1S/C11H19NOS/c1-12(6-3-2-4-7-13)9-11-5-8-14-10-11/h5,8,10,13H,2-4,6-7,9H2,1H3. The lowest BCUT2D eigenvalue weighted by molar-refractivity contribution is 0.271. The second kappa shape index (κ2) is 6.98. The number of rotatable bonds is 7. The Kier molecular flexibility index (Phi) is 5.83. The zero-order chi connectivity index (χ0) is 10.2. The van der Waals surface area contributed by atoms with Gasteiger partial charge in [0, 0.05) is 13.2 Å². The normalized spacial score (nSPS) is 11.1. The molecule has 14 heavy (non-hydrogen) atoms. The highest BCUT2D eigenvalue weighted by molar-refractivity contribution is 7.07. The highest BCUT2D eigenvalue weighted by atomic mass is 32.1. The fraction of sp³-hybridized carbons (Fsp3) is 0.636. The molecule has 3 heteroatoms. The molecule has 0 atom stereocenters. The Morgan fingerprint density at radius 1 is 1.36 bits per heavy atom. The maximum atomic E-state index is 8.63. The van der Waals surface area contributed by atoms with Gasteiger partial charge in [-0.05, 0) is 55.2 Å². The first-order valence-electron chi connectivity index (χ1n) is 5.13. The highest BCUT2D eigenvalue weighted by Gasteiger charge is 1.99. The molecule has 1 heterocycles. The molecule has 0 aliphatic rings. The van der Waals surface area contributed by atoms with Crippen LogP contribution < -0.4 is 0 Å². The Morgan fingerprint density at radius 3 is 2.86 bits per heavy atom. The van der Waals surface area contributed by atoms with Crippen molar-refractivity contribution in [2.75, 3.05) is 20.2 Å². The predicted molar refractivity (Wildman–Crippen MR) is 61.6 cm³/mol. The number of aliphatic hydroxyl groups is 1. The van der Waals surface area contributed by atoms with Crippen molar-refractivity contribution in [2.24, 2.45) is 0 Å². The minimum Gasteiger partial charge on any atom is -0.396 e. The van der Waals surface area contributed by atoms with Crippen LogP contribution in [0, 0.1) is 0 Å². The molecule has 0 fully saturated rings. The van der Waals surface area contributed by atoms with E-state index in [1.54, 1.807) is 11.3 Å². The molecule has 0 amide bonds. The van der Waals surface area contributed by atoms with Crippen LogP contribution in [0.1, 0.15) is 24.8 Å². The summed E-state index contributed by atoms with van der Waals surface area (Å²) in [4.78, 5) is 2.33. The molecule has 1 aromatic heterocycles. The number of hydrogen-bond acceptors (Lipinski definition) is 3. The molecule has 0 aromatic carbocycles. The van der Waals surface area contributed by atoms with Crippen molar-refractivity contribution >= 4 is 11.3 Å². The minimum absolute atomic E-state index is 0.328. The molecular weight excluding hydrogens is 194 g/mol. The molecule has 2 nitrogen and oxygen atoms in total. The summed E-state index contributed by atoms with van der Waals surface area (Å²) in [5.74, 6) is 0. The molecule has 0 unspecified atom stereocenters. The highest BCUT2D eigenvalue weighted by Crippen LogP contribution is 2.08. The van der Waals surface area contributed by atoms with Gasteiger partial charge >= 0.3 is 0 Å². The molecule has 1 rings (SSSR count). The van der Waals surface area contributed by atoms with E-state index in [0.29, 0.717) is 6.61 Å². The van der Waals surface area contributed by atoms with Crippen LogP contribution in [-0.4, -0.2) is 30.2 Å². The van der Waals surface area contributed by atoms with E-state index in [0.717, 1.165) is 25.9 Å². The smallest absolute Gasteiger partial charge is 0.0431 e. The van der Waals surface area contributed by atoms with E-state index in [-0.39, 0.29) is 0 Å². The Balaban J connectivity index is 2.07. The molecule has 1 aromatic rings. The third kappa shape index (κ3) is 4.74. The topological polar surface area (TPSA) is 23.5 Å². The van der Waals surface area contributed by atoms with E-state index in [9.17, 15) is 0 Å². The second-order valence-electron chi connectivity index (χ2n) is 3.65. The van der Waals surface area contributed by atoms with Gasteiger partial charge in [-0.2, -0.15) is 11.3 Å². The summed E-state index contributed by atoms with van der Waals surface area (Å²) in [6.07, 6.45) is 3.25. The predicted octanol–water partition coefficient (Wildman–Crippen LogP) is 2.34. The Morgan fingerprint density at radius 2 is 2.21 bits per heavy atom. The molecule has 1 N–H and O–H groups in total. The van der Waals surface area contributed by atoms with Crippen molar-refractivity contribution in [3.05, 3.63) is 22.4 Å². The van der Waals surface area contributed by atoms with Crippen LogP contribution in [0.4, 0.5) is 0 Å². The second-order valence-corrected chi connectivity index (χ2v) is 4.43. The first-order valence-corrected chi connectivity index (χ1v) is 6.07. The molecule has 0 aliphatic carbocycles. The summed E-state index contributed by atoms with van der Waals surface area (Å²) >= 11 is 1.75. The summed E-state index contributed by atoms with van der Waals surface area (Å²) < 4.78 is 0. The average Bonchev–Trinajstić information content (AvgIpc) is 2.65. The Labute approximate surface area is 90.2 Å². The van der Waals surface area contributed by atoms with Gasteiger partial charge in [0.1, 0.15) is 0 Å². The molecule has 0 radical (unpaired) electrons. The third-order valence-corrected chi connectivity index (χ3v) is 2.96. The lowest BCUT2D eigenvalue weighted by Crippen LogP contribution is -2.18. The third-order valence-electron chi connectivity index (χ3n) is 2.23. The summed E-state index contributed by atoms with van der Waals surface area (Å²) in [6, 6.07) is 2.18. The maximum Gasteiger partial charge on any atom is 0.0431 e. The first kappa shape index (κ1) is 11.7. The van der Waals surface area contributed by atoms with Gasteiger partial charge < -0.3 is 10.0 Å². The largest absolute Gasteiger partial charge is 0.396 e. The quantitative estimate of drug-likeness (QED) is 0.703. The van der Waals surface area contributed by atoms with Crippen molar-refractivity contribution in [1.82, 2.24) is 4.90 Å². The Bertz CT molecular complexity index is 223. The Hall–Kier alpha value is -0.380. The minimum atomic E-state index is 0.328. The summed E-state index contributed by atoms with van der Waals surface area (Å²) in [7, 11) is 2.15. The van der Waals surface area contributed by atoms with Gasteiger partial charge in [0.15, 0.2) is 0 Å². The van der Waals surface area contributed by atoms with Crippen LogP contribution in [0.5, 0.6) is 0 Å². The lowest BCUT2D eigenvalue weighted by Gasteiger charge is -2.15. The number of hydrogen-bond donors (Lipinski definition) is 1. The van der Waals surface area contributed by atoms with Crippen molar-refractivity contribution in [1.29, 1.82) is 0 Å². The zero-order valence-corrected chi connectivity index (χ0v) is 9.59. The summed E-state index contributed by atoms with van der Waals surface area (Å²) in [5, 5.41) is 12.9. The van der Waals surface area contributed by atoms with Crippen molar-refractivity contribution in [3.63, 3.8) is 0 Å². The van der Waals surface area contributed by atoms with E-state index in [2.05, 4.69) is 28.8 Å². The van der Waals surface area contributed by atoms with Crippen LogP contribution in [0.15, 0.2) is 16.8 Å². The van der Waals surface area contributed by atoms with Crippen LogP contribution in [0.2, 0.25) is 0 Å². The lowest BCUT2D eigenvalue weighted by atomic mass is 10.2. The molecule has 0 spiro atoms. The number of nitrogens with zero attached hydrogens (tertiary/aromatic N) is 1. The van der Waals surface area contributed by atoms with Gasteiger partial charge in [0.25, 0.3) is 0 Å². The molecule has 0 bridgehead atoms. The maximum absolute atomic E-state index is 8.63. The van der Waals surface area contributed by atoms with Crippen LogP contribution in [-0.2, 0) is 6.54 Å². The fourth-order valence-corrected chi connectivity index (χ4v) is 2.10. The first-order chi connectivity index (χ1) is 6.83. The van der Waals surface area contributed by atoms with Gasteiger partial charge in [-0.15, -0.1) is 0 Å². The number of unbranched alkanes of at least 4 members (excludes halogenated alkanes) is 2. The van der Waals surface area contributed by atoms with Gasteiger partial charge in [-0.1, -0.05) is 0 Å². The zero-order valence-electron chi connectivity index (χ0n) is 8.78. The van der Waals surface area contributed by atoms with E-state index >= 15 is 0 Å². The van der Waals surface area contributed by atoms with E-state index in [1.807, 2.05) is 0 Å². The van der Waals surface area contributed by atoms with Crippen LogP contribution in [0.3, 0.4) is 0 Å². The molecule has 0 aliphatic heterocycles. The number of thiophene rings is 1. The van der Waals surface area contributed by atoms with Crippen molar-refractivity contribution in [2.45, 2.75) is 25.8 Å². The monoisotopic (exact) mass is 213 g/mol. The van der Waals surface area contributed by atoms with E-state index in [1.165, 1.54) is 12.0 Å². The van der Waals surface area contributed by atoms with Gasteiger partial charge in [0.2, 0.25) is 0 Å².